The van der Waals surface area contributed by atoms with Gasteiger partial charge in [-0.05, 0) is 49.4 Å². The minimum atomic E-state index is -0.956. The van der Waals surface area contributed by atoms with Gasteiger partial charge in [0.2, 0.25) is 5.78 Å². The van der Waals surface area contributed by atoms with E-state index < -0.39 is 29.5 Å². The van der Waals surface area contributed by atoms with Gasteiger partial charge in [0.15, 0.2) is 10.9 Å². The summed E-state index contributed by atoms with van der Waals surface area (Å²) in [6.07, 6.45) is 0.816. The number of benzene rings is 1. The van der Waals surface area contributed by atoms with Crippen molar-refractivity contribution in [2.45, 2.75) is 33.2 Å². The number of rotatable bonds is 9. The van der Waals surface area contributed by atoms with Crippen LogP contribution in [-0.2, 0) is 9.53 Å². The number of ketones is 1. The van der Waals surface area contributed by atoms with E-state index in [9.17, 15) is 19.5 Å². The quantitative estimate of drug-likeness (QED) is 0.308. The van der Waals surface area contributed by atoms with Crippen LogP contribution in [0.15, 0.2) is 53.1 Å². The maximum absolute atomic E-state index is 13.4. The number of carbonyl (C=O) groups is 3. The molecule has 1 N–H and O–H groups in total. The fraction of sp³-hybridized carbons (Fsp3) is 0.280. The molecule has 0 bridgehead atoms. The van der Waals surface area contributed by atoms with Crippen LogP contribution in [0.2, 0.25) is 0 Å². The highest BCUT2D eigenvalue weighted by molar-refractivity contribution is 7.17. The molecule has 4 rings (SSSR count). The maximum Gasteiger partial charge on any atom is 0.350 e. The third-order valence-corrected chi connectivity index (χ3v) is 7.30. The third kappa shape index (κ3) is 4.71. The number of thiazole rings is 1. The number of aryl methyl sites for hydroxylation is 1. The molecule has 0 spiro atoms. The van der Waals surface area contributed by atoms with Crippen molar-refractivity contribution in [2.75, 3.05) is 18.1 Å². The molecule has 8 nitrogen and oxygen atoms in total. The molecule has 10 heteroatoms. The molecule has 1 aromatic carbocycles. The fourth-order valence-electron chi connectivity index (χ4n) is 3.76. The predicted octanol–water partition coefficient (Wildman–Crippen LogP) is 5.26. The van der Waals surface area contributed by atoms with E-state index in [1.54, 1.807) is 55.6 Å². The van der Waals surface area contributed by atoms with E-state index in [0.717, 1.165) is 17.8 Å². The van der Waals surface area contributed by atoms with Gasteiger partial charge in [-0.15, -0.1) is 11.3 Å². The van der Waals surface area contributed by atoms with Gasteiger partial charge in [0.05, 0.1) is 35.4 Å². The van der Waals surface area contributed by atoms with Crippen LogP contribution in [-0.4, -0.2) is 41.0 Å². The Morgan fingerprint density at radius 3 is 2.69 bits per heavy atom. The van der Waals surface area contributed by atoms with Crippen molar-refractivity contribution in [3.05, 3.63) is 74.1 Å². The normalized spacial score (nSPS) is 15.6. The number of aliphatic hydroxyl groups is 1. The average Bonchev–Trinajstić information content (AvgIpc) is 3.57. The molecule has 2 aromatic heterocycles. The highest BCUT2D eigenvalue weighted by Crippen LogP contribution is 2.44. The standard InChI is InChI=1S/C25H24N2O6S2/c1-4-11-33-16-9-6-8-15(13-16)19-18(20(28)17-10-7-12-34-17)21(29)23(30)27(19)25-26-14(3)22(35-25)24(31)32-5-2/h6-10,12-13,19,29H,4-5,11H2,1-3H3. The van der Waals surface area contributed by atoms with E-state index in [0.29, 0.717) is 28.5 Å². The lowest BCUT2D eigenvalue weighted by Gasteiger charge is -2.24. The lowest BCUT2D eigenvalue weighted by Crippen LogP contribution is -2.31. The van der Waals surface area contributed by atoms with Crippen LogP contribution in [0.1, 0.15) is 56.9 Å². The largest absolute Gasteiger partial charge is 0.503 e. The van der Waals surface area contributed by atoms with Gasteiger partial charge in [0.1, 0.15) is 10.6 Å². The molecule has 1 aliphatic heterocycles. The number of Topliss-reactive ketones (excluding diaryl/α,β-unsaturated/α-hetero) is 1. The highest BCUT2D eigenvalue weighted by Gasteiger charge is 2.46. The Hall–Kier alpha value is -3.50. The number of carbonyl (C=O) groups excluding carboxylic acids is 3. The summed E-state index contributed by atoms with van der Waals surface area (Å²) in [7, 11) is 0. The zero-order valence-corrected chi connectivity index (χ0v) is 21.1. The second kappa shape index (κ2) is 10.4. The molecular formula is C25H24N2O6S2. The molecule has 1 unspecified atom stereocenters. The van der Waals surface area contributed by atoms with Gasteiger partial charge in [-0.3, -0.25) is 14.5 Å². The Morgan fingerprint density at radius 2 is 2.00 bits per heavy atom. The number of thiophene rings is 1. The summed E-state index contributed by atoms with van der Waals surface area (Å²) < 4.78 is 10.9. The van der Waals surface area contributed by atoms with Crippen molar-refractivity contribution >= 4 is 45.5 Å². The number of hydrogen-bond donors (Lipinski definition) is 1. The number of hydrogen-bond acceptors (Lipinski definition) is 9. The molecule has 3 heterocycles. The van der Waals surface area contributed by atoms with Crippen molar-refractivity contribution in [2.24, 2.45) is 0 Å². The van der Waals surface area contributed by atoms with E-state index >= 15 is 0 Å². The molecule has 1 aliphatic rings. The molecule has 35 heavy (non-hydrogen) atoms. The Morgan fingerprint density at radius 1 is 1.20 bits per heavy atom. The average molecular weight is 513 g/mol. The first kappa shape index (κ1) is 24.6. The SMILES string of the molecule is CCCOc1cccc(C2C(C(=O)c3cccs3)=C(O)C(=O)N2c2nc(C)c(C(=O)OCC)s2)c1. The van der Waals surface area contributed by atoms with Crippen molar-refractivity contribution in [3.8, 4) is 5.75 Å². The Bertz CT molecular complexity index is 1300. The third-order valence-electron chi connectivity index (χ3n) is 5.30. The number of aliphatic hydroxyl groups excluding tert-OH is 1. The lowest BCUT2D eigenvalue weighted by molar-refractivity contribution is -0.117. The van der Waals surface area contributed by atoms with E-state index in [1.165, 1.54) is 16.2 Å². The molecule has 0 aliphatic carbocycles. The van der Waals surface area contributed by atoms with Gasteiger partial charge in [-0.25, -0.2) is 9.78 Å². The minimum absolute atomic E-state index is 0.0457. The van der Waals surface area contributed by atoms with Crippen molar-refractivity contribution in [1.29, 1.82) is 0 Å². The predicted molar refractivity (Wildman–Crippen MR) is 134 cm³/mol. The van der Waals surface area contributed by atoms with Crippen molar-refractivity contribution in [1.82, 2.24) is 4.98 Å². The van der Waals surface area contributed by atoms with Gasteiger partial charge >= 0.3 is 5.97 Å². The van der Waals surface area contributed by atoms with Gasteiger partial charge in [-0.1, -0.05) is 36.5 Å². The minimum Gasteiger partial charge on any atom is -0.503 e. The second-order valence-electron chi connectivity index (χ2n) is 7.70. The lowest BCUT2D eigenvalue weighted by atomic mass is 9.95. The summed E-state index contributed by atoms with van der Waals surface area (Å²) >= 11 is 2.20. The molecule has 3 aromatic rings. The van der Waals surface area contributed by atoms with Gasteiger partial charge < -0.3 is 14.6 Å². The first-order valence-corrected chi connectivity index (χ1v) is 12.8. The Labute approximate surface area is 210 Å². The van der Waals surface area contributed by atoms with Crippen molar-refractivity contribution in [3.63, 3.8) is 0 Å². The summed E-state index contributed by atoms with van der Waals surface area (Å²) in [5, 5.41) is 12.8. The van der Waals surface area contributed by atoms with Crippen LogP contribution in [0.4, 0.5) is 5.13 Å². The zero-order chi connectivity index (χ0) is 25.1. The van der Waals surface area contributed by atoms with E-state index in [4.69, 9.17) is 9.47 Å². The molecule has 182 valence electrons. The van der Waals surface area contributed by atoms with Crippen LogP contribution in [0.5, 0.6) is 5.75 Å². The van der Waals surface area contributed by atoms with Crippen LogP contribution < -0.4 is 9.64 Å². The molecule has 0 saturated heterocycles. The first-order chi connectivity index (χ1) is 16.9. The molecule has 1 atom stereocenters. The number of ether oxygens (including phenoxy) is 2. The van der Waals surface area contributed by atoms with Crippen LogP contribution >= 0.6 is 22.7 Å². The van der Waals surface area contributed by atoms with Gasteiger partial charge in [-0.2, -0.15) is 0 Å². The van der Waals surface area contributed by atoms with Gasteiger partial charge in [0.25, 0.3) is 5.91 Å². The fourth-order valence-corrected chi connectivity index (χ4v) is 5.42. The number of anilines is 1. The topological polar surface area (TPSA) is 106 Å². The molecule has 1 amide bonds. The zero-order valence-electron chi connectivity index (χ0n) is 19.4. The Balaban J connectivity index is 1.84. The number of nitrogens with zero attached hydrogens (tertiary/aromatic N) is 2. The Kier molecular flexibility index (Phi) is 7.32. The number of aromatic nitrogens is 1. The summed E-state index contributed by atoms with van der Waals surface area (Å²) in [5.74, 6) is -1.82. The molecule has 0 radical (unpaired) electrons. The summed E-state index contributed by atoms with van der Waals surface area (Å²) in [6.45, 7) is 6.04. The maximum atomic E-state index is 13.4. The van der Waals surface area contributed by atoms with Crippen LogP contribution in [0.25, 0.3) is 0 Å². The summed E-state index contributed by atoms with van der Waals surface area (Å²) in [5.41, 5.74) is 0.921. The number of esters is 1. The van der Waals surface area contributed by atoms with Crippen molar-refractivity contribution < 1.29 is 29.0 Å². The molecule has 0 saturated carbocycles. The summed E-state index contributed by atoms with van der Waals surface area (Å²) in [4.78, 5) is 45.5. The molecule has 0 fully saturated rings. The highest BCUT2D eigenvalue weighted by atomic mass is 32.1. The molecular weight excluding hydrogens is 488 g/mol. The smallest absolute Gasteiger partial charge is 0.350 e. The summed E-state index contributed by atoms with van der Waals surface area (Å²) in [6, 6.07) is 9.48. The van der Waals surface area contributed by atoms with Gasteiger partial charge in [0, 0.05) is 0 Å². The second-order valence-corrected chi connectivity index (χ2v) is 9.62. The van der Waals surface area contributed by atoms with Crippen LogP contribution in [0.3, 0.4) is 0 Å². The van der Waals surface area contributed by atoms with Crippen LogP contribution in [0, 0.1) is 6.92 Å². The van der Waals surface area contributed by atoms with E-state index in [-0.39, 0.29) is 22.2 Å². The van der Waals surface area contributed by atoms with E-state index in [1.807, 2.05) is 6.92 Å². The number of amides is 1. The van der Waals surface area contributed by atoms with E-state index in [2.05, 4.69) is 4.98 Å². The first-order valence-electron chi connectivity index (χ1n) is 11.1. The monoisotopic (exact) mass is 512 g/mol.